The summed E-state index contributed by atoms with van der Waals surface area (Å²) in [6.45, 7) is 2.01. The summed E-state index contributed by atoms with van der Waals surface area (Å²) >= 11 is 1.44. The van der Waals surface area contributed by atoms with E-state index in [0.717, 1.165) is 4.90 Å². The predicted octanol–water partition coefficient (Wildman–Crippen LogP) is 4.54. The Morgan fingerprint density at radius 1 is 0.967 bits per heavy atom. The first-order valence-electron chi connectivity index (χ1n) is 9.12. The third-order valence-electron chi connectivity index (χ3n) is 4.16. The summed E-state index contributed by atoms with van der Waals surface area (Å²) in [5, 5.41) is 2.78. The van der Waals surface area contributed by atoms with Gasteiger partial charge in [-0.15, -0.1) is 11.8 Å². The third kappa shape index (κ3) is 6.01. The maximum Gasteiger partial charge on any atom is 0.261 e. The molecule has 1 amide bonds. The lowest BCUT2D eigenvalue weighted by molar-refractivity contribution is -0.113. The van der Waals surface area contributed by atoms with Crippen LogP contribution in [0.2, 0.25) is 0 Å². The molecule has 0 aromatic heterocycles. The van der Waals surface area contributed by atoms with Gasteiger partial charge in [-0.1, -0.05) is 23.8 Å². The highest BCUT2D eigenvalue weighted by molar-refractivity contribution is 8.00. The lowest BCUT2D eigenvalue weighted by atomic mass is 10.2. The molecular formula is C22H22N2O4S2. The smallest absolute Gasteiger partial charge is 0.261 e. The van der Waals surface area contributed by atoms with Crippen LogP contribution in [0.4, 0.5) is 11.4 Å². The van der Waals surface area contributed by atoms with E-state index in [9.17, 15) is 13.2 Å². The molecule has 0 atom stereocenters. The van der Waals surface area contributed by atoms with Crippen LogP contribution in [0.25, 0.3) is 0 Å². The van der Waals surface area contributed by atoms with E-state index in [1.165, 1.54) is 36.6 Å². The molecule has 0 aliphatic carbocycles. The van der Waals surface area contributed by atoms with Crippen molar-refractivity contribution in [1.29, 1.82) is 0 Å². The van der Waals surface area contributed by atoms with Crippen molar-refractivity contribution in [3.05, 3.63) is 78.4 Å². The fourth-order valence-corrected chi connectivity index (χ4v) is 4.35. The molecule has 30 heavy (non-hydrogen) atoms. The zero-order valence-electron chi connectivity index (χ0n) is 16.6. The largest absolute Gasteiger partial charge is 0.497 e. The first-order valence-corrected chi connectivity index (χ1v) is 11.6. The first kappa shape index (κ1) is 21.7. The Morgan fingerprint density at radius 3 is 2.33 bits per heavy atom. The van der Waals surface area contributed by atoms with Gasteiger partial charge < -0.3 is 10.1 Å². The number of ether oxygens (including phenoxy) is 1. The van der Waals surface area contributed by atoms with Crippen molar-refractivity contribution in [2.75, 3.05) is 22.9 Å². The number of rotatable bonds is 8. The van der Waals surface area contributed by atoms with E-state index in [0.29, 0.717) is 17.1 Å². The van der Waals surface area contributed by atoms with Crippen LogP contribution >= 0.6 is 11.8 Å². The second-order valence-corrected chi connectivity index (χ2v) is 9.24. The minimum absolute atomic E-state index is 0.0948. The van der Waals surface area contributed by atoms with Crippen molar-refractivity contribution in [2.45, 2.75) is 16.7 Å². The number of aryl methyl sites for hydroxylation is 1. The molecule has 0 unspecified atom stereocenters. The van der Waals surface area contributed by atoms with Gasteiger partial charge in [-0.2, -0.15) is 0 Å². The van der Waals surface area contributed by atoms with Gasteiger partial charge in [0.2, 0.25) is 5.91 Å². The molecule has 3 aromatic rings. The van der Waals surface area contributed by atoms with Gasteiger partial charge in [-0.05, 0) is 55.5 Å². The fraction of sp³-hybridized carbons (Fsp3) is 0.136. The molecule has 2 N–H and O–H groups in total. The maximum absolute atomic E-state index is 12.6. The van der Waals surface area contributed by atoms with E-state index >= 15 is 0 Å². The summed E-state index contributed by atoms with van der Waals surface area (Å²) in [7, 11) is -2.24. The lowest BCUT2D eigenvalue weighted by Gasteiger charge is -2.10. The molecule has 0 heterocycles. The van der Waals surface area contributed by atoms with Crippen molar-refractivity contribution >= 4 is 39.1 Å². The Bertz CT molecular complexity index is 1110. The summed E-state index contributed by atoms with van der Waals surface area (Å²) in [5.74, 6) is 0.656. The van der Waals surface area contributed by atoms with Crippen LogP contribution in [0, 0.1) is 6.92 Å². The van der Waals surface area contributed by atoms with E-state index in [2.05, 4.69) is 10.0 Å². The van der Waals surface area contributed by atoms with E-state index < -0.39 is 10.0 Å². The summed E-state index contributed by atoms with van der Waals surface area (Å²) < 4.78 is 32.8. The Hall–Kier alpha value is -2.97. The van der Waals surface area contributed by atoms with Gasteiger partial charge in [0.15, 0.2) is 0 Å². The lowest BCUT2D eigenvalue weighted by Crippen LogP contribution is -2.15. The predicted molar refractivity (Wildman–Crippen MR) is 121 cm³/mol. The zero-order valence-corrected chi connectivity index (χ0v) is 18.2. The Balaban J connectivity index is 1.59. The number of hydrogen-bond acceptors (Lipinski definition) is 5. The van der Waals surface area contributed by atoms with Gasteiger partial charge in [-0.25, -0.2) is 8.42 Å². The molecule has 0 radical (unpaired) electrons. The highest BCUT2D eigenvalue weighted by atomic mass is 32.2. The molecule has 6 nitrogen and oxygen atoms in total. The first-order chi connectivity index (χ1) is 14.4. The molecule has 0 bridgehead atoms. The summed E-state index contributed by atoms with van der Waals surface area (Å²) in [6, 6.07) is 20.6. The number of amides is 1. The van der Waals surface area contributed by atoms with Gasteiger partial charge in [0.25, 0.3) is 10.0 Å². The number of benzene rings is 3. The van der Waals surface area contributed by atoms with Crippen LogP contribution in [0.15, 0.2) is 82.6 Å². The summed E-state index contributed by atoms with van der Waals surface area (Å²) in [5.41, 5.74) is 2.10. The zero-order chi connectivity index (χ0) is 21.6. The van der Waals surface area contributed by atoms with Crippen LogP contribution in [-0.2, 0) is 14.8 Å². The number of sulfonamides is 1. The Morgan fingerprint density at radius 2 is 1.67 bits per heavy atom. The molecule has 3 aromatic carbocycles. The number of hydrogen-bond donors (Lipinski definition) is 2. The SMILES string of the molecule is COc1cccc(NS(=O)(=O)c2ccc(NC(=O)CSc3ccc(C)cc3)cc2)c1. The summed E-state index contributed by atoms with van der Waals surface area (Å²) in [6.07, 6.45) is 0. The molecule has 0 saturated carbocycles. The quantitative estimate of drug-likeness (QED) is 0.501. The van der Waals surface area contributed by atoms with Gasteiger partial charge >= 0.3 is 0 Å². The summed E-state index contributed by atoms with van der Waals surface area (Å²) in [4.78, 5) is 13.3. The van der Waals surface area contributed by atoms with Crippen LogP contribution in [0.1, 0.15) is 5.56 Å². The Kier molecular flexibility index (Phi) is 7.02. The monoisotopic (exact) mass is 442 g/mol. The van der Waals surface area contributed by atoms with Crippen molar-refractivity contribution < 1.29 is 17.9 Å². The highest BCUT2D eigenvalue weighted by Gasteiger charge is 2.15. The average Bonchev–Trinajstić information content (AvgIpc) is 2.73. The molecule has 0 aliphatic rings. The van der Waals surface area contributed by atoms with Crippen molar-refractivity contribution in [3.63, 3.8) is 0 Å². The minimum Gasteiger partial charge on any atom is -0.497 e. The Labute approximate surface area is 180 Å². The molecule has 0 saturated heterocycles. The van der Waals surface area contributed by atoms with Crippen LogP contribution in [0.5, 0.6) is 5.75 Å². The highest BCUT2D eigenvalue weighted by Crippen LogP contribution is 2.22. The van der Waals surface area contributed by atoms with E-state index in [1.807, 2.05) is 31.2 Å². The van der Waals surface area contributed by atoms with E-state index in [-0.39, 0.29) is 16.6 Å². The number of carbonyl (C=O) groups excluding carboxylic acids is 1. The van der Waals surface area contributed by atoms with Crippen LogP contribution in [-0.4, -0.2) is 27.2 Å². The van der Waals surface area contributed by atoms with Crippen LogP contribution < -0.4 is 14.8 Å². The topological polar surface area (TPSA) is 84.5 Å². The molecule has 0 fully saturated rings. The second kappa shape index (κ2) is 9.69. The minimum atomic E-state index is -3.76. The van der Waals surface area contributed by atoms with Crippen molar-refractivity contribution in [2.24, 2.45) is 0 Å². The van der Waals surface area contributed by atoms with Crippen molar-refractivity contribution in [3.8, 4) is 5.75 Å². The molecular weight excluding hydrogens is 420 g/mol. The van der Waals surface area contributed by atoms with Gasteiger partial charge in [0.1, 0.15) is 5.75 Å². The molecule has 8 heteroatoms. The number of anilines is 2. The number of carbonyl (C=O) groups is 1. The van der Waals surface area contributed by atoms with Gasteiger partial charge in [0.05, 0.1) is 23.4 Å². The number of methoxy groups -OCH3 is 1. The van der Waals surface area contributed by atoms with E-state index in [4.69, 9.17) is 4.74 Å². The van der Waals surface area contributed by atoms with Gasteiger partial charge in [-0.3, -0.25) is 9.52 Å². The normalized spacial score (nSPS) is 11.0. The molecule has 0 aliphatic heterocycles. The van der Waals surface area contributed by atoms with Gasteiger partial charge in [0, 0.05) is 16.6 Å². The maximum atomic E-state index is 12.6. The molecule has 156 valence electrons. The average molecular weight is 443 g/mol. The molecule has 3 rings (SSSR count). The third-order valence-corrected chi connectivity index (χ3v) is 6.57. The van der Waals surface area contributed by atoms with Crippen molar-refractivity contribution in [1.82, 2.24) is 0 Å². The van der Waals surface area contributed by atoms with Crippen LogP contribution in [0.3, 0.4) is 0 Å². The fourth-order valence-electron chi connectivity index (χ4n) is 2.60. The molecule has 0 spiro atoms. The standard InChI is InChI=1S/C22H22N2O4S2/c1-16-6-10-20(11-7-16)29-15-22(25)23-17-8-12-21(13-9-17)30(26,27)24-18-4-3-5-19(14-18)28-2/h3-14,24H,15H2,1-2H3,(H,23,25). The van der Waals surface area contributed by atoms with E-state index in [1.54, 1.807) is 36.4 Å². The number of thioether (sulfide) groups is 1. The second-order valence-electron chi connectivity index (χ2n) is 6.51. The number of nitrogens with one attached hydrogen (secondary N) is 2.